The zero-order chi connectivity index (χ0) is 13.0. The van der Waals surface area contributed by atoms with E-state index in [0.29, 0.717) is 5.69 Å². The number of hydrogen-bond acceptors (Lipinski definition) is 2. The van der Waals surface area contributed by atoms with E-state index in [1.165, 1.54) is 5.56 Å². The van der Waals surface area contributed by atoms with Gasteiger partial charge >= 0.3 is 0 Å². The molecule has 0 aliphatic rings. The van der Waals surface area contributed by atoms with Crippen LogP contribution in [0.15, 0.2) is 54.6 Å². The molecule has 2 nitrogen and oxygen atoms in total. The van der Waals surface area contributed by atoms with Crippen LogP contribution in [0.5, 0.6) is 5.75 Å². The highest BCUT2D eigenvalue weighted by Crippen LogP contribution is 2.26. The SMILES string of the molecule is CC(C)(Cc1ccccc1)Oc1ccccc1N. The molecular weight excluding hydrogens is 222 g/mol. The fraction of sp³-hybridized carbons (Fsp3) is 0.250. The molecule has 0 fully saturated rings. The summed E-state index contributed by atoms with van der Waals surface area (Å²) in [5, 5.41) is 0. The molecule has 0 spiro atoms. The number of nitrogen functional groups attached to an aromatic ring is 1. The predicted octanol–water partition coefficient (Wildman–Crippen LogP) is 3.67. The first-order chi connectivity index (χ1) is 8.57. The zero-order valence-electron chi connectivity index (χ0n) is 10.9. The van der Waals surface area contributed by atoms with Crippen LogP contribution in [0.25, 0.3) is 0 Å². The summed E-state index contributed by atoms with van der Waals surface area (Å²) in [6.45, 7) is 4.15. The van der Waals surface area contributed by atoms with Crippen molar-refractivity contribution in [3.05, 3.63) is 60.2 Å². The Balaban J connectivity index is 2.10. The lowest BCUT2D eigenvalue weighted by Gasteiger charge is -2.27. The Kier molecular flexibility index (Phi) is 3.56. The average molecular weight is 241 g/mol. The van der Waals surface area contributed by atoms with Crippen LogP contribution < -0.4 is 10.5 Å². The molecule has 2 rings (SSSR count). The van der Waals surface area contributed by atoms with Crippen molar-refractivity contribution in [2.45, 2.75) is 25.9 Å². The maximum Gasteiger partial charge on any atom is 0.143 e. The predicted molar refractivity (Wildman–Crippen MR) is 75.7 cm³/mol. The lowest BCUT2D eigenvalue weighted by Crippen LogP contribution is -2.31. The number of benzene rings is 2. The van der Waals surface area contributed by atoms with Crippen molar-refractivity contribution in [3.8, 4) is 5.75 Å². The number of hydrogen-bond donors (Lipinski definition) is 1. The number of rotatable bonds is 4. The molecule has 0 amide bonds. The number of nitrogens with two attached hydrogens (primary N) is 1. The zero-order valence-corrected chi connectivity index (χ0v) is 10.9. The fourth-order valence-corrected chi connectivity index (χ4v) is 1.99. The lowest BCUT2D eigenvalue weighted by atomic mass is 9.98. The monoisotopic (exact) mass is 241 g/mol. The standard InChI is InChI=1S/C16H19NO/c1-16(2,12-13-8-4-3-5-9-13)18-15-11-7-6-10-14(15)17/h3-11H,12,17H2,1-2H3. The minimum Gasteiger partial charge on any atom is -0.485 e. The lowest BCUT2D eigenvalue weighted by molar-refractivity contribution is 0.111. The van der Waals surface area contributed by atoms with Crippen molar-refractivity contribution < 1.29 is 4.74 Å². The molecule has 0 aromatic heterocycles. The van der Waals surface area contributed by atoms with E-state index >= 15 is 0 Å². The molecule has 0 aliphatic carbocycles. The second-order valence-electron chi connectivity index (χ2n) is 5.06. The molecule has 0 saturated heterocycles. The van der Waals surface area contributed by atoms with E-state index in [1.807, 2.05) is 42.5 Å². The minimum atomic E-state index is -0.281. The summed E-state index contributed by atoms with van der Waals surface area (Å²) < 4.78 is 6.01. The van der Waals surface area contributed by atoms with E-state index in [2.05, 4.69) is 26.0 Å². The van der Waals surface area contributed by atoms with Gasteiger partial charge in [-0.15, -0.1) is 0 Å². The van der Waals surface area contributed by atoms with Gasteiger partial charge in [-0.25, -0.2) is 0 Å². The van der Waals surface area contributed by atoms with Crippen molar-refractivity contribution in [1.82, 2.24) is 0 Å². The fourth-order valence-electron chi connectivity index (χ4n) is 1.99. The Hall–Kier alpha value is -1.96. The Morgan fingerprint density at radius 3 is 2.22 bits per heavy atom. The van der Waals surface area contributed by atoms with Crippen LogP contribution in [-0.2, 0) is 6.42 Å². The van der Waals surface area contributed by atoms with Crippen molar-refractivity contribution in [1.29, 1.82) is 0 Å². The van der Waals surface area contributed by atoms with Crippen molar-refractivity contribution in [2.75, 3.05) is 5.73 Å². The van der Waals surface area contributed by atoms with Gasteiger partial charge in [0.1, 0.15) is 11.4 Å². The van der Waals surface area contributed by atoms with Crippen LogP contribution in [0.1, 0.15) is 19.4 Å². The Morgan fingerprint density at radius 1 is 0.944 bits per heavy atom. The van der Waals surface area contributed by atoms with Gasteiger partial charge in [0.15, 0.2) is 0 Å². The molecule has 18 heavy (non-hydrogen) atoms. The average Bonchev–Trinajstić information content (AvgIpc) is 2.32. The van der Waals surface area contributed by atoms with Gasteiger partial charge in [0, 0.05) is 6.42 Å². The molecule has 94 valence electrons. The molecular formula is C16H19NO. The summed E-state index contributed by atoms with van der Waals surface area (Å²) in [4.78, 5) is 0. The van der Waals surface area contributed by atoms with Crippen molar-refractivity contribution in [2.24, 2.45) is 0 Å². The van der Waals surface area contributed by atoms with E-state index in [-0.39, 0.29) is 5.60 Å². The number of ether oxygens (including phenoxy) is 1. The number of para-hydroxylation sites is 2. The smallest absolute Gasteiger partial charge is 0.143 e. The van der Waals surface area contributed by atoms with Gasteiger partial charge in [-0.2, -0.15) is 0 Å². The van der Waals surface area contributed by atoms with E-state index in [0.717, 1.165) is 12.2 Å². The highest BCUT2D eigenvalue weighted by molar-refractivity contribution is 5.52. The third-order valence-electron chi connectivity index (χ3n) is 2.78. The third-order valence-corrected chi connectivity index (χ3v) is 2.78. The van der Waals surface area contributed by atoms with Gasteiger partial charge in [0.05, 0.1) is 5.69 Å². The summed E-state index contributed by atoms with van der Waals surface area (Å²) in [5.41, 5.74) is 7.56. The summed E-state index contributed by atoms with van der Waals surface area (Å²) >= 11 is 0. The first-order valence-electron chi connectivity index (χ1n) is 6.14. The summed E-state index contributed by atoms with van der Waals surface area (Å²) in [6.07, 6.45) is 0.849. The molecule has 0 heterocycles. The molecule has 0 saturated carbocycles. The van der Waals surface area contributed by atoms with Gasteiger partial charge in [0.25, 0.3) is 0 Å². The van der Waals surface area contributed by atoms with Crippen molar-refractivity contribution >= 4 is 5.69 Å². The van der Waals surface area contributed by atoms with Crippen LogP contribution in [0.3, 0.4) is 0 Å². The van der Waals surface area contributed by atoms with E-state index in [1.54, 1.807) is 0 Å². The van der Waals surface area contributed by atoms with Crippen LogP contribution in [-0.4, -0.2) is 5.60 Å². The van der Waals surface area contributed by atoms with Gasteiger partial charge < -0.3 is 10.5 Å². The maximum atomic E-state index is 6.01. The Labute approximate surface area is 108 Å². The normalized spacial score (nSPS) is 11.2. The molecule has 2 heteroatoms. The quantitative estimate of drug-likeness (QED) is 0.829. The molecule has 2 aromatic carbocycles. The van der Waals surface area contributed by atoms with Crippen LogP contribution in [0.4, 0.5) is 5.69 Å². The Morgan fingerprint density at radius 2 is 1.56 bits per heavy atom. The molecule has 0 aliphatic heterocycles. The second kappa shape index (κ2) is 5.13. The first kappa shape index (κ1) is 12.5. The molecule has 0 atom stereocenters. The van der Waals surface area contributed by atoms with Gasteiger partial charge in [-0.05, 0) is 31.5 Å². The molecule has 0 radical (unpaired) electrons. The minimum absolute atomic E-state index is 0.281. The highest BCUT2D eigenvalue weighted by atomic mass is 16.5. The van der Waals surface area contributed by atoms with E-state index in [4.69, 9.17) is 10.5 Å². The van der Waals surface area contributed by atoms with E-state index < -0.39 is 0 Å². The Bertz CT molecular complexity index is 506. The maximum absolute atomic E-state index is 6.01. The molecule has 2 N–H and O–H groups in total. The van der Waals surface area contributed by atoms with E-state index in [9.17, 15) is 0 Å². The van der Waals surface area contributed by atoms with Crippen molar-refractivity contribution in [3.63, 3.8) is 0 Å². The van der Waals surface area contributed by atoms with Gasteiger partial charge in [-0.1, -0.05) is 42.5 Å². The summed E-state index contributed by atoms with van der Waals surface area (Å²) in [6, 6.07) is 17.9. The van der Waals surface area contributed by atoms with Crippen LogP contribution in [0.2, 0.25) is 0 Å². The molecule has 2 aromatic rings. The highest BCUT2D eigenvalue weighted by Gasteiger charge is 2.21. The largest absolute Gasteiger partial charge is 0.485 e. The molecule has 0 bridgehead atoms. The number of anilines is 1. The van der Waals surface area contributed by atoms with Gasteiger partial charge in [-0.3, -0.25) is 0 Å². The second-order valence-corrected chi connectivity index (χ2v) is 5.06. The summed E-state index contributed by atoms with van der Waals surface area (Å²) in [7, 11) is 0. The van der Waals surface area contributed by atoms with Gasteiger partial charge in [0.2, 0.25) is 0 Å². The topological polar surface area (TPSA) is 35.2 Å². The first-order valence-corrected chi connectivity index (χ1v) is 6.14. The van der Waals surface area contributed by atoms with Crippen LogP contribution in [0, 0.1) is 0 Å². The molecule has 0 unspecified atom stereocenters. The third kappa shape index (κ3) is 3.27. The van der Waals surface area contributed by atoms with Crippen LogP contribution >= 0.6 is 0 Å². The summed E-state index contributed by atoms with van der Waals surface area (Å²) in [5.74, 6) is 0.749.